The highest BCUT2D eigenvalue weighted by Crippen LogP contribution is 2.16. The lowest BCUT2D eigenvalue weighted by Crippen LogP contribution is -2.21. The van der Waals surface area contributed by atoms with E-state index in [1.807, 2.05) is 12.1 Å². The van der Waals surface area contributed by atoms with Crippen molar-refractivity contribution in [3.05, 3.63) is 35.7 Å². The van der Waals surface area contributed by atoms with Crippen LogP contribution in [0.15, 0.2) is 30.1 Å². The molecule has 4 heteroatoms. The van der Waals surface area contributed by atoms with E-state index in [9.17, 15) is 9.18 Å². The van der Waals surface area contributed by atoms with Crippen LogP contribution in [0.5, 0.6) is 0 Å². The zero-order valence-electron chi connectivity index (χ0n) is 9.98. The van der Waals surface area contributed by atoms with Crippen LogP contribution in [0.4, 0.5) is 10.1 Å². The van der Waals surface area contributed by atoms with Gasteiger partial charge in [-0.2, -0.15) is 4.39 Å². The summed E-state index contributed by atoms with van der Waals surface area (Å²) < 4.78 is 12.9. The number of carboxylic acids is 1. The standard InChI is InChI=1S/C13H16FNO2/c1-3-15(4-2)11-7-5-10(6-8-11)9-12(14)13(16)17/h5-9H,3-4H2,1-2H3,(H,16,17)/b12-9-. The SMILES string of the molecule is CCN(CC)c1ccc(/C=C(\F)C(=O)O)cc1. The zero-order chi connectivity index (χ0) is 12.8. The number of hydrogen-bond acceptors (Lipinski definition) is 2. The molecular weight excluding hydrogens is 221 g/mol. The van der Waals surface area contributed by atoms with Gasteiger partial charge in [-0.05, 0) is 37.6 Å². The molecule has 1 aromatic rings. The Hall–Kier alpha value is -1.84. The summed E-state index contributed by atoms with van der Waals surface area (Å²) >= 11 is 0. The molecule has 0 aliphatic heterocycles. The van der Waals surface area contributed by atoms with Gasteiger partial charge >= 0.3 is 5.97 Å². The van der Waals surface area contributed by atoms with Crippen LogP contribution >= 0.6 is 0 Å². The summed E-state index contributed by atoms with van der Waals surface area (Å²) in [7, 11) is 0. The van der Waals surface area contributed by atoms with Gasteiger partial charge in [-0.3, -0.25) is 0 Å². The Labute approximate surface area is 100 Å². The maximum absolute atomic E-state index is 12.9. The van der Waals surface area contributed by atoms with Crippen molar-refractivity contribution in [1.82, 2.24) is 0 Å². The Kier molecular flexibility index (Phi) is 4.69. The fourth-order valence-corrected chi connectivity index (χ4v) is 1.58. The molecule has 0 saturated heterocycles. The molecule has 92 valence electrons. The lowest BCUT2D eigenvalue weighted by Gasteiger charge is -2.20. The number of benzene rings is 1. The van der Waals surface area contributed by atoms with Gasteiger partial charge in [-0.1, -0.05) is 12.1 Å². The van der Waals surface area contributed by atoms with Crippen LogP contribution in [0.1, 0.15) is 19.4 Å². The van der Waals surface area contributed by atoms with E-state index in [0.717, 1.165) is 24.9 Å². The summed E-state index contributed by atoms with van der Waals surface area (Å²) in [5.74, 6) is -2.70. The van der Waals surface area contributed by atoms with Crippen molar-refractivity contribution in [2.75, 3.05) is 18.0 Å². The minimum atomic E-state index is -1.54. The monoisotopic (exact) mass is 237 g/mol. The van der Waals surface area contributed by atoms with E-state index in [1.54, 1.807) is 12.1 Å². The fraction of sp³-hybridized carbons (Fsp3) is 0.308. The molecule has 0 amide bonds. The lowest BCUT2D eigenvalue weighted by molar-refractivity contribution is -0.134. The highest BCUT2D eigenvalue weighted by molar-refractivity contribution is 5.89. The number of aliphatic carboxylic acids is 1. The largest absolute Gasteiger partial charge is 0.476 e. The molecule has 0 heterocycles. The van der Waals surface area contributed by atoms with Gasteiger partial charge < -0.3 is 10.0 Å². The summed E-state index contributed by atoms with van der Waals surface area (Å²) in [5, 5.41) is 8.41. The van der Waals surface area contributed by atoms with Gasteiger partial charge in [0.2, 0.25) is 5.83 Å². The summed E-state index contributed by atoms with van der Waals surface area (Å²) in [4.78, 5) is 12.5. The molecule has 0 unspecified atom stereocenters. The van der Waals surface area contributed by atoms with Crippen molar-refractivity contribution >= 4 is 17.7 Å². The molecule has 3 nitrogen and oxygen atoms in total. The number of hydrogen-bond donors (Lipinski definition) is 1. The summed E-state index contributed by atoms with van der Waals surface area (Å²) in [6, 6.07) is 7.12. The average Bonchev–Trinajstić information content (AvgIpc) is 2.32. The lowest BCUT2D eigenvalue weighted by atomic mass is 10.1. The second-order valence-electron chi connectivity index (χ2n) is 3.56. The molecule has 0 bridgehead atoms. The third kappa shape index (κ3) is 3.59. The highest BCUT2D eigenvalue weighted by atomic mass is 19.1. The van der Waals surface area contributed by atoms with Crippen LogP contribution in [-0.2, 0) is 4.79 Å². The number of nitrogens with zero attached hydrogens (tertiary/aromatic N) is 1. The Balaban J connectivity index is 2.88. The number of halogens is 1. The topological polar surface area (TPSA) is 40.5 Å². The van der Waals surface area contributed by atoms with Crippen molar-refractivity contribution in [1.29, 1.82) is 0 Å². The van der Waals surface area contributed by atoms with Gasteiger partial charge in [0, 0.05) is 18.8 Å². The summed E-state index contributed by atoms with van der Waals surface area (Å²) in [6.45, 7) is 5.91. The normalized spacial score (nSPS) is 11.4. The molecule has 0 atom stereocenters. The second-order valence-corrected chi connectivity index (χ2v) is 3.56. The first-order chi connectivity index (χ1) is 8.08. The van der Waals surface area contributed by atoms with Crippen LogP contribution in [0.25, 0.3) is 6.08 Å². The molecule has 1 N–H and O–H groups in total. The molecule has 0 radical (unpaired) electrons. The van der Waals surface area contributed by atoms with E-state index in [1.165, 1.54) is 0 Å². The first-order valence-corrected chi connectivity index (χ1v) is 5.54. The minimum Gasteiger partial charge on any atom is -0.476 e. The molecule has 0 aromatic heterocycles. The van der Waals surface area contributed by atoms with E-state index in [0.29, 0.717) is 5.56 Å². The van der Waals surface area contributed by atoms with E-state index >= 15 is 0 Å². The maximum Gasteiger partial charge on any atom is 0.364 e. The van der Waals surface area contributed by atoms with Crippen LogP contribution in [-0.4, -0.2) is 24.2 Å². The molecule has 0 aliphatic rings. The van der Waals surface area contributed by atoms with Crippen LogP contribution in [0.3, 0.4) is 0 Å². The van der Waals surface area contributed by atoms with Crippen LogP contribution in [0, 0.1) is 0 Å². The second kappa shape index (κ2) is 6.03. The van der Waals surface area contributed by atoms with E-state index in [-0.39, 0.29) is 0 Å². The Morgan fingerprint density at radius 2 is 1.82 bits per heavy atom. The molecule has 1 aromatic carbocycles. The minimum absolute atomic E-state index is 0.542. The van der Waals surface area contributed by atoms with Crippen molar-refractivity contribution in [3.63, 3.8) is 0 Å². The zero-order valence-corrected chi connectivity index (χ0v) is 9.98. The number of carbonyl (C=O) groups is 1. The summed E-state index contributed by atoms with van der Waals surface area (Å²) in [6.07, 6.45) is 1.01. The maximum atomic E-state index is 12.9. The van der Waals surface area contributed by atoms with Crippen molar-refractivity contribution < 1.29 is 14.3 Å². The fourth-order valence-electron chi connectivity index (χ4n) is 1.58. The number of anilines is 1. The van der Waals surface area contributed by atoms with Gasteiger partial charge in [0.1, 0.15) is 0 Å². The number of carboxylic acid groups (broad SMARTS) is 1. The molecule has 1 rings (SSSR count). The predicted molar refractivity (Wildman–Crippen MR) is 66.7 cm³/mol. The molecule has 0 fully saturated rings. The van der Waals surface area contributed by atoms with Gasteiger partial charge in [-0.15, -0.1) is 0 Å². The van der Waals surface area contributed by atoms with Crippen molar-refractivity contribution in [3.8, 4) is 0 Å². The first kappa shape index (κ1) is 13.2. The smallest absolute Gasteiger partial charge is 0.364 e. The van der Waals surface area contributed by atoms with Gasteiger partial charge in [0.25, 0.3) is 0 Å². The highest BCUT2D eigenvalue weighted by Gasteiger charge is 2.05. The predicted octanol–water partition coefficient (Wildman–Crippen LogP) is 2.93. The van der Waals surface area contributed by atoms with Gasteiger partial charge in [0.05, 0.1) is 0 Å². The third-order valence-electron chi connectivity index (χ3n) is 2.52. The number of rotatable bonds is 5. The van der Waals surface area contributed by atoms with E-state index in [2.05, 4.69) is 18.7 Å². The Morgan fingerprint density at radius 1 is 1.29 bits per heavy atom. The van der Waals surface area contributed by atoms with Crippen molar-refractivity contribution in [2.45, 2.75) is 13.8 Å². The van der Waals surface area contributed by atoms with E-state index < -0.39 is 11.8 Å². The molecule has 17 heavy (non-hydrogen) atoms. The van der Waals surface area contributed by atoms with E-state index in [4.69, 9.17) is 5.11 Å². The molecule has 0 spiro atoms. The van der Waals surface area contributed by atoms with Gasteiger partial charge in [-0.25, -0.2) is 4.79 Å². The Bertz CT molecular complexity index is 408. The van der Waals surface area contributed by atoms with Crippen LogP contribution in [0.2, 0.25) is 0 Å². The molecule has 0 aliphatic carbocycles. The molecular formula is C13H16FNO2. The van der Waals surface area contributed by atoms with Crippen molar-refractivity contribution in [2.24, 2.45) is 0 Å². The average molecular weight is 237 g/mol. The third-order valence-corrected chi connectivity index (χ3v) is 2.52. The van der Waals surface area contributed by atoms with Crippen LogP contribution < -0.4 is 4.90 Å². The molecule has 0 saturated carbocycles. The quantitative estimate of drug-likeness (QED) is 0.800. The first-order valence-electron chi connectivity index (χ1n) is 5.54. The summed E-state index contributed by atoms with van der Waals surface area (Å²) in [5.41, 5.74) is 1.59. The Morgan fingerprint density at radius 3 is 2.24 bits per heavy atom. The van der Waals surface area contributed by atoms with Gasteiger partial charge in [0.15, 0.2) is 0 Å².